The van der Waals surface area contributed by atoms with Gasteiger partial charge in [0.2, 0.25) is 4.80 Å². The van der Waals surface area contributed by atoms with Crippen molar-refractivity contribution in [3.63, 3.8) is 0 Å². The molecule has 0 radical (unpaired) electrons. The van der Waals surface area contributed by atoms with E-state index in [2.05, 4.69) is 26.7 Å². The number of carbonyl (C=O) groups excluding carboxylic acids is 1. The summed E-state index contributed by atoms with van der Waals surface area (Å²) in [5.74, 6) is 0.360. The average molecular weight is 456 g/mol. The number of hydrogen-bond donors (Lipinski definition) is 1. The summed E-state index contributed by atoms with van der Waals surface area (Å²) in [6, 6.07) is 11.8. The summed E-state index contributed by atoms with van der Waals surface area (Å²) in [7, 11) is 0. The molecular weight excluding hydrogens is 438 g/mol. The quantitative estimate of drug-likeness (QED) is 0.429. The maximum atomic E-state index is 12.7. The monoisotopic (exact) mass is 456 g/mol. The van der Waals surface area contributed by atoms with Gasteiger partial charge in [-0.15, -0.1) is 17.9 Å². The van der Waals surface area contributed by atoms with Crippen molar-refractivity contribution in [2.45, 2.75) is 6.61 Å². The van der Waals surface area contributed by atoms with Gasteiger partial charge in [-0.25, -0.2) is 4.68 Å². The molecule has 0 bridgehead atoms. The smallest absolute Gasteiger partial charge is 0.387 e. The Balaban J connectivity index is 1.77. The number of halogens is 2. The zero-order valence-corrected chi connectivity index (χ0v) is 17.5. The van der Waals surface area contributed by atoms with E-state index in [1.807, 2.05) is 11.4 Å². The van der Waals surface area contributed by atoms with E-state index in [4.69, 9.17) is 4.74 Å². The Hall–Kier alpha value is -3.79. The van der Waals surface area contributed by atoms with Crippen molar-refractivity contribution in [1.82, 2.24) is 4.68 Å². The van der Waals surface area contributed by atoms with Crippen LogP contribution in [0.4, 0.5) is 14.5 Å². The van der Waals surface area contributed by atoms with Crippen molar-refractivity contribution in [3.8, 4) is 22.8 Å². The number of benzene rings is 2. The van der Waals surface area contributed by atoms with E-state index in [1.165, 1.54) is 23.6 Å². The molecule has 1 aliphatic heterocycles. The minimum atomic E-state index is -2.94. The maximum Gasteiger partial charge on any atom is 0.387 e. The van der Waals surface area contributed by atoms with E-state index in [-0.39, 0.29) is 18.3 Å². The molecule has 3 aromatic rings. The highest BCUT2D eigenvalue weighted by atomic mass is 32.1. The molecule has 1 amide bonds. The van der Waals surface area contributed by atoms with Crippen molar-refractivity contribution in [3.05, 3.63) is 70.9 Å². The first kappa shape index (κ1) is 21.4. The molecule has 2 aromatic carbocycles. The van der Waals surface area contributed by atoms with Gasteiger partial charge in [-0.3, -0.25) is 9.79 Å². The van der Waals surface area contributed by atoms with E-state index >= 15 is 0 Å². The summed E-state index contributed by atoms with van der Waals surface area (Å²) < 4.78 is 37.1. The molecule has 1 aromatic heterocycles. The van der Waals surface area contributed by atoms with Gasteiger partial charge in [0.25, 0.3) is 5.91 Å². The lowest BCUT2D eigenvalue weighted by atomic mass is 10.1. The first-order chi connectivity index (χ1) is 15.5. The van der Waals surface area contributed by atoms with Gasteiger partial charge in [0.15, 0.2) is 6.61 Å². The lowest BCUT2D eigenvalue weighted by Gasteiger charge is -2.18. The number of nitrogens with one attached hydrogen (secondary N) is 1. The van der Waals surface area contributed by atoms with Crippen LogP contribution in [0.2, 0.25) is 0 Å². The molecule has 164 valence electrons. The number of amides is 1. The lowest BCUT2D eigenvalue weighted by Crippen LogP contribution is -2.25. The zero-order valence-electron chi connectivity index (χ0n) is 16.7. The highest BCUT2D eigenvalue weighted by Crippen LogP contribution is 2.33. The van der Waals surface area contributed by atoms with Crippen LogP contribution in [-0.4, -0.2) is 36.6 Å². The first-order valence-corrected chi connectivity index (χ1v) is 10.4. The number of para-hydroxylation sites is 1. The Bertz CT molecular complexity index is 1250. The fourth-order valence-corrected chi connectivity index (χ4v) is 3.86. The second-order valence-corrected chi connectivity index (χ2v) is 7.39. The number of anilines is 1. The number of aromatic nitrogens is 1. The van der Waals surface area contributed by atoms with Gasteiger partial charge in [-0.1, -0.05) is 18.2 Å². The van der Waals surface area contributed by atoms with E-state index in [1.54, 1.807) is 41.1 Å². The molecule has 0 fully saturated rings. The van der Waals surface area contributed by atoms with Crippen LogP contribution in [0.15, 0.2) is 70.6 Å². The number of rotatable bonds is 7. The molecule has 4 rings (SSSR count). The van der Waals surface area contributed by atoms with Crippen molar-refractivity contribution in [1.29, 1.82) is 0 Å². The van der Waals surface area contributed by atoms with Crippen LogP contribution in [0.25, 0.3) is 11.3 Å². The Morgan fingerprint density at radius 2 is 2.16 bits per heavy atom. The Morgan fingerprint density at radius 1 is 1.31 bits per heavy atom. The molecule has 32 heavy (non-hydrogen) atoms. The molecule has 0 saturated carbocycles. The third-order valence-electron chi connectivity index (χ3n) is 4.40. The van der Waals surface area contributed by atoms with E-state index in [0.717, 1.165) is 5.56 Å². The minimum Gasteiger partial charge on any atom is -0.482 e. The average Bonchev–Trinajstić information content (AvgIpc) is 3.18. The summed E-state index contributed by atoms with van der Waals surface area (Å²) in [5, 5.41) is 9.14. The number of carbonyl (C=O) groups is 1. The fourth-order valence-electron chi connectivity index (χ4n) is 3.01. The van der Waals surface area contributed by atoms with Crippen molar-refractivity contribution >= 4 is 29.1 Å². The lowest BCUT2D eigenvalue weighted by molar-refractivity contribution is -0.118. The second kappa shape index (κ2) is 9.56. The Kier molecular flexibility index (Phi) is 6.41. The molecule has 0 unspecified atom stereocenters. The predicted octanol–water partition coefficient (Wildman–Crippen LogP) is 4.12. The van der Waals surface area contributed by atoms with E-state index in [9.17, 15) is 13.6 Å². The number of ether oxygens (including phenoxy) is 2. The van der Waals surface area contributed by atoms with Crippen molar-refractivity contribution < 1.29 is 23.0 Å². The molecule has 0 aliphatic carbocycles. The minimum absolute atomic E-state index is 0.0156. The van der Waals surface area contributed by atoms with E-state index < -0.39 is 6.61 Å². The Labute approximate surface area is 186 Å². The summed E-state index contributed by atoms with van der Waals surface area (Å²) in [6.45, 7) is 1.09. The van der Waals surface area contributed by atoms with Crippen molar-refractivity contribution in [2.75, 3.05) is 18.5 Å². The summed E-state index contributed by atoms with van der Waals surface area (Å²) in [4.78, 5) is 16.7. The topological polar surface area (TPSA) is 77.2 Å². The molecule has 10 heteroatoms. The number of fused-ring (bicyclic) bond motifs is 1. The molecule has 0 spiro atoms. The van der Waals surface area contributed by atoms with Crippen LogP contribution in [0.5, 0.6) is 11.5 Å². The maximum absolute atomic E-state index is 12.7. The molecule has 1 aliphatic rings. The number of thiazole rings is 1. The van der Waals surface area contributed by atoms with Crippen LogP contribution in [0.1, 0.15) is 5.56 Å². The third kappa shape index (κ3) is 4.75. The van der Waals surface area contributed by atoms with Crippen LogP contribution < -0.4 is 19.6 Å². The van der Waals surface area contributed by atoms with Crippen LogP contribution >= 0.6 is 11.3 Å². The van der Waals surface area contributed by atoms with Gasteiger partial charge >= 0.3 is 6.61 Å². The molecule has 7 nitrogen and oxygen atoms in total. The van der Waals surface area contributed by atoms with Crippen LogP contribution in [0.3, 0.4) is 0 Å². The molecule has 1 N–H and O–H groups in total. The fraction of sp³-hybridized carbons (Fsp3) is 0.136. The third-order valence-corrected chi connectivity index (χ3v) is 5.25. The summed E-state index contributed by atoms with van der Waals surface area (Å²) in [6.07, 6.45) is 3.09. The van der Waals surface area contributed by atoms with Crippen LogP contribution in [-0.2, 0) is 4.79 Å². The highest BCUT2D eigenvalue weighted by molar-refractivity contribution is 7.07. The van der Waals surface area contributed by atoms with Gasteiger partial charge in [0, 0.05) is 16.5 Å². The first-order valence-electron chi connectivity index (χ1n) is 9.52. The highest BCUT2D eigenvalue weighted by Gasteiger charge is 2.18. The van der Waals surface area contributed by atoms with Gasteiger partial charge in [-0.05, 0) is 30.3 Å². The number of nitrogens with zero attached hydrogens (tertiary/aromatic N) is 3. The molecule has 2 heterocycles. The summed E-state index contributed by atoms with van der Waals surface area (Å²) >= 11 is 1.36. The van der Waals surface area contributed by atoms with Crippen LogP contribution in [0, 0.1) is 0 Å². The van der Waals surface area contributed by atoms with Crippen molar-refractivity contribution in [2.24, 2.45) is 10.1 Å². The van der Waals surface area contributed by atoms with Gasteiger partial charge < -0.3 is 14.8 Å². The standard InChI is InChI=1S/C22H18F2N4O3S/c1-2-9-25-22-28(26-11-15-5-3-4-6-18(15)31-21(23)24)17(13-32-22)14-7-8-19-16(10-14)27-20(29)12-30-19/h2-8,10-11,13,21H,1,9,12H2,(H,27,29). The Morgan fingerprint density at radius 3 is 2.97 bits per heavy atom. The predicted molar refractivity (Wildman–Crippen MR) is 119 cm³/mol. The number of alkyl halides is 2. The van der Waals surface area contributed by atoms with Gasteiger partial charge in [0.05, 0.1) is 24.1 Å². The normalized spacial score (nSPS) is 13.7. The SMILES string of the molecule is C=CCN=c1scc(-c2ccc3c(c2)NC(=O)CO3)n1N=Cc1ccccc1OC(F)F. The summed E-state index contributed by atoms with van der Waals surface area (Å²) in [5.41, 5.74) is 2.41. The largest absolute Gasteiger partial charge is 0.482 e. The zero-order chi connectivity index (χ0) is 22.5. The second-order valence-electron chi connectivity index (χ2n) is 6.55. The molecule has 0 atom stereocenters. The molecule has 0 saturated heterocycles. The molecular formula is C22H18F2N4O3S. The number of hydrogen-bond acceptors (Lipinski definition) is 6. The van der Waals surface area contributed by atoms with E-state index in [0.29, 0.717) is 34.0 Å². The van der Waals surface area contributed by atoms with Gasteiger partial charge in [0.1, 0.15) is 11.5 Å². The van der Waals surface area contributed by atoms with Gasteiger partial charge in [-0.2, -0.15) is 13.9 Å².